The second-order valence-corrected chi connectivity index (χ2v) is 3.06. The third kappa shape index (κ3) is 1.15. The summed E-state index contributed by atoms with van der Waals surface area (Å²) < 4.78 is 1.89. The molecule has 0 aliphatic heterocycles. The van der Waals surface area contributed by atoms with Gasteiger partial charge in [-0.2, -0.15) is 5.10 Å². The van der Waals surface area contributed by atoms with Crippen molar-refractivity contribution >= 4 is 5.95 Å². The van der Waals surface area contributed by atoms with Gasteiger partial charge in [0.1, 0.15) is 0 Å². The molecule has 6 nitrogen and oxygen atoms in total. The van der Waals surface area contributed by atoms with Gasteiger partial charge in [0, 0.05) is 19.8 Å². The number of nitrogens with one attached hydrogen (secondary N) is 2. The van der Waals surface area contributed by atoms with Gasteiger partial charge in [0.05, 0.1) is 11.8 Å². The highest BCUT2D eigenvalue weighted by Crippen LogP contribution is 2.20. The van der Waals surface area contributed by atoms with Crippen molar-refractivity contribution in [2.45, 2.75) is 6.92 Å². The summed E-state index contributed by atoms with van der Waals surface area (Å²) in [6, 6.07) is 0. The Morgan fingerprint density at radius 2 is 2.21 bits per heavy atom. The number of nitrogens with zero attached hydrogens (tertiary/aromatic N) is 4. The predicted molar refractivity (Wildman–Crippen MR) is 52.9 cm³/mol. The first-order valence-electron chi connectivity index (χ1n) is 4.31. The summed E-state index contributed by atoms with van der Waals surface area (Å²) in [5, 5.41) is 17.8. The quantitative estimate of drug-likeness (QED) is 0.729. The minimum Gasteiger partial charge on any atom is -0.357 e. The Hall–Kier alpha value is -1.85. The zero-order valence-corrected chi connectivity index (χ0v) is 8.37. The van der Waals surface area contributed by atoms with Gasteiger partial charge in [0.2, 0.25) is 5.95 Å². The fraction of sp³-hybridized carbons (Fsp3) is 0.375. The van der Waals surface area contributed by atoms with Crippen molar-refractivity contribution in [2.24, 2.45) is 7.05 Å². The van der Waals surface area contributed by atoms with Gasteiger partial charge in [-0.1, -0.05) is 0 Å². The molecule has 0 fully saturated rings. The number of H-pyrrole nitrogens is 1. The first-order chi connectivity index (χ1) is 6.74. The second kappa shape index (κ2) is 3.13. The van der Waals surface area contributed by atoms with E-state index in [0.29, 0.717) is 0 Å². The Bertz CT molecular complexity index is 440. The third-order valence-corrected chi connectivity index (χ3v) is 2.17. The number of rotatable bonds is 2. The predicted octanol–water partition coefficient (Wildman–Crippen LogP) is 0.555. The van der Waals surface area contributed by atoms with Gasteiger partial charge in [0.15, 0.2) is 5.82 Å². The third-order valence-electron chi connectivity index (χ3n) is 2.17. The van der Waals surface area contributed by atoms with E-state index in [1.807, 2.05) is 25.6 Å². The molecule has 6 heteroatoms. The van der Waals surface area contributed by atoms with Crippen molar-refractivity contribution in [1.82, 2.24) is 25.0 Å². The molecule has 0 aliphatic carbocycles. The van der Waals surface area contributed by atoms with Crippen LogP contribution in [0.1, 0.15) is 5.69 Å². The maximum Gasteiger partial charge on any atom is 0.224 e. The molecule has 0 saturated carbocycles. The van der Waals surface area contributed by atoms with E-state index in [1.165, 1.54) is 0 Å². The molecule has 0 aliphatic rings. The number of aromatic nitrogens is 5. The SMILES string of the molecule is CNc1nnc(-c2cn[nH]c2C)n1C. The summed E-state index contributed by atoms with van der Waals surface area (Å²) in [6.45, 7) is 1.95. The van der Waals surface area contributed by atoms with Crippen LogP contribution in [0.3, 0.4) is 0 Å². The van der Waals surface area contributed by atoms with Gasteiger partial charge in [-0.15, -0.1) is 10.2 Å². The van der Waals surface area contributed by atoms with Gasteiger partial charge >= 0.3 is 0 Å². The van der Waals surface area contributed by atoms with E-state index < -0.39 is 0 Å². The van der Waals surface area contributed by atoms with Gasteiger partial charge in [0.25, 0.3) is 0 Å². The van der Waals surface area contributed by atoms with Crippen LogP contribution in [-0.2, 0) is 7.05 Å². The van der Waals surface area contributed by atoms with E-state index in [4.69, 9.17) is 0 Å². The zero-order valence-electron chi connectivity index (χ0n) is 8.37. The number of hydrogen-bond acceptors (Lipinski definition) is 4. The highest BCUT2D eigenvalue weighted by atomic mass is 15.3. The van der Waals surface area contributed by atoms with Crippen LogP contribution in [0.5, 0.6) is 0 Å². The molecule has 2 aromatic rings. The first-order valence-corrected chi connectivity index (χ1v) is 4.31. The Balaban J connectivity index is 2.52. The molecule has 0 saturated heterocycles. The zero-order chi connectivity index (χ0) is 10.1. The molecular weight excluding hydrogens is 180 g/mol. The van der Waals surface area contributed by atoms with E-state index in [-0.39, 0.29) is 0 Å². The van der Waals surface area contributed by atoms with Crippen molar-refractivity contribution in [3.05, 3.63) is 11.9 Å². The van der Waals surface area contributed by atoms with Gasteiger partial charge in [-0.05, 0) is 6.92 Å². The second-order valence-electron chi connectivity index (χ2n) is 3.06. The molecule has 0 bridgehead atoms. The van der Waals surface area contributed by atoms with Gasteiger partial charge < -0.3 is 5.32 Å². The van der Waals surface area contributed by atoms with E-state index >= 15 is 0 Å². The van der Waals surface area contributed by atoms with Crippen molar-refractivity contribution in [2.75, 3.05) is 12.4 Å². The average molecular weight is 192 g/mol. The maximum atomic E-state index is 4.08. The molecule has 2 aromatic heterocycles. The van der Waals surface area contributed by atoms with E-state index in [1.54, 1.807) is 6.20 Å². The Kier molecular flexibility index (Phi) is 1.95. The molecule has 0 aromatic carbocycles. The molecule has 74 valence electrons. The summed E-state index contributed by atoms with van der Waals surface area (Å²) in [5.41, 5.74) is 1.96. The van der Waals surface area contributed by atoms with E-state index in [9.17, 15) is 0 Å². The Labute approximate surface area is 81.4 Å². The van der Waals surface area contributed by atoms with E-state index in [0.717, 1.165) is 23.0 Å². The lowest BCUT2D eigenvalue weighted by Crippen LogP contribution is -1.99. The summed E-state index contributed by atoms with van der Waals surface area (Å²) in [7, 11) is 3.73. The molecular formula is C8H12N6. The molecule has 2 heterocycles. The molecule has 0 unspecified atom stereocenters. The lowest BCUT2D eigenvalue weighted by Gasteiger charge is -2.01. The summed E-state index contributed by atoms with van der Waals surface area (Å²) in [6.07, 6.45) is 1.75. The monoisotopic (exact) mass is 192 g/mol. The largest absolute Gasteiger partial charge is 0.357 e. The average Bonchev–Trinajstić information content (AvgIpc) is 2.72. The van der Waals surface area contributed by atoms with Crippen molar-refractivity contribution in [3.63, 3.8) is 0 Å². The molecule has 0 spiro atoms. The fourth-order valence-corrected chi connectivity index (χ4v) is 1.36. The van der Waals surface area contributed by atoms with Gasteiger partial charge in [-0.25, -0.2) is 0 Å². The van der Waals surface area contributed by atoms with Crippen molar-refractivity contribution < 1.29 is 0 Å². The standard InChI is InChI=1S/C8H12N6/c1-5-6(4-10-11-5)7-12-13-8(9-2)14(7)3/h4H,1-3H3,(H,9,13)(H,10,11). The van der Waals surface area contributed by atoms with Crippen molar-refractivity contribution in [3.8, 4) is 11.4 Å². The highest BCUT2D eigenvalue weighted by Gasteiger charge is 2.12. The summed E-state index contributed by atoms with van der Waals surface area (Å²) in [4.78, 5) is 0. The van der Waals surface area contributed by atoms with Crippen LogP contribution >= 0.6 is 0 Å². The van der Waals surface area contributed by atoms with Crippen LogP contribution in [-0.4, -0.2) is 32.0 Å². The van der Waals surface area contributed by atoms with Gasteiger partial charge in [-0.3, -0.25) is 9.67 Å². The lowest BCUT2D eigenvalue weighted by atomic mass is 10.2. The van der Waals surface area contributed by atoms with Crippen LogP contribution in [0.4, 0.5) is 5.95 Å². The molecule has 2 rings (SSSR count). The minimum atomic E-state index is 0.737. The van der Waals surface area contributed by atoms with Crippen molar-refractivity contribution in [1.29, 1.82) is 0 Å². The maximum absolute atomic E-state index is 4.08. The number of aromatic amines is 1. The number of anilines is 1. The summed E-state index contributed by atoms with van der Waals surface area (Å²) >= 11 is 0. The van der Waals surface area contributed by atoms with Crippen LogP contribution in [0.15, 0.2) is 6.20 Å². The minimum absolute atomic E-state index is 0.737. The van der Waals surface area contributed by atoms with Crippen LogP contribution in [0, 0.1) is 6.92 Å². The topological polar surface area (TPSA) is 71.4 Å². The number of aryl methyl sites for hydroxylation is 1. The van der Waals surface area contributed by atoms with E-state index in [2.05, 4.69) is 25.7 Å². The summed E-state index contributed by atoms with van der Waals surface area (Å²) in [5.74, 6) is 1.54. The van der Waals surface area contributed by atoms with Crippen LogP contribution < -0.4 is 5.32 Å². The first kappa shape index (κ1) is 8.74. The van der Waals surface area contributed by atoms with Crippen LogP contribution in [0.25, 0.3) is 11.4 Å². The number of hydrogen-bond donors (Lipinski definition) is 2. The lowest BCUT2D eigenvalue weighted by molar-refractivity contribution is 0.924. The molecule has 0 amide bonds. The molecule has 0 atom stereocenters. The Morgan fingerprint density at radius 3 is 2.71 bits per heavy atom. The molecule has 0 radical (unpaired) electrons. The molecule has 14 heavy (non-hydrogen) atoms. The molecule has 2 N–H and O–H groups in total. The van der Waals surface area contributed by atoms with Crippen LogP contribution in [0.2, 0.25) is 0 Å². The normalized spacial score (nSPS) is 10.5. The highest BCUT2D eigenvalue weighted by molar-refractivity contribution is 5.58. The smallest absolute Gasteiger partial charge is 0.224 e. The fourth-order valence-electron chi connectivity index (χ4n) is 1.36. The Morgan fingerprint density at radius 1 is 1.43 bits per heavy atom.